The summed E-state index contributed by atoms with van der Waals surface area (Å²) in [4.78, 5) is 37.6. The number of carbonyl (C=O) groups excluding carboxylic acids is 3. The van der Waals surface area contributed by atoms with Crippen LogP contribution in [0.5, 0.6) is 0 Å². The van der Waals surface area contributed by atoms with Gasteiger partial charge in [0.25, 0.3) is 0 Å². The van der Waals surface area contributed by atoms with E-state index in [4.69, 9.17) is 18.9 Å². The Balaban J connectivity index is 3.98. The summed E-state index contributed by atoms with van der Waals surface area (Å²) in [7, 11) is 5.95. The molecular formula is C84H153NO8. The molecule has 0 heterocycles. The molecule has 0 saturated carbocycles. The maximum Gasteiger partial charge on any atom is 0.306 e. The van der Waals surface area contributed by atoms with Crippen LogP contribution in [0.15, 0.2) is 72.9 Å². The highest BCUT2D eigenvalue weighted by Crippen LogP contribution is 2.20. The molecule has 0 aromatic heterocycles. The van der Waals surface area contributed by atoms with Gasteiger partial charge in [0, 0.05) is 12.8 Å². The van der Waals surface area contributed by atoms with Gasteiger partial charge in [0.05, 0.1) is 40.3 Å². The highest BCUT2D eigenvalue weighted by molar-refractivity contribution is 5.70. The van der Waals surface area contributed by atoms with Gasteiger partial charge in [0.2, 0.25) is 0 Å². The zero-order valence-corrected chi connectivity index (χ0v) is 62.1. The highest BCUT2D eigenvalue weighted by atomic mass is 16.7. The van der Waals surface area contributed by atoms with E-state index in [0.29, 0.717) is 23.9 Å². The van der Waals surface area contributed by atoms with Crippen molar-refractivity contribution in [3.8, 4) is 0 Å². The Morgan fingerprint density at radius 3 is 0.914 bits per heavy atom. The number of hydrogen-bond donors (Lipinski definition) is 0. The van der Waals surface area contributed by atoms with Crippen molar-refractivity contribution >= 4 is 17.9 Å². The van der Waals surface area contributed by atoms with E-state index in [1.807, 2.05) is 21.1 Å². The molecule has 0 saturated heterocycles. The summed E-state index contributed by atoms with van der Waals surface area (Å²) in [6.07, 6.45) is 97.4. The molecule has 9 nitrogen and oxygen atoms in total. The lowest BCUT2D eigenvalue weighted by molar-refractivity contribution is -0.870. The minimum atomic E-state index is -1.62. The number of quaternary nitrogens is 1. The van der Waals surface area contributed by atoms with Gasteiger partial charge in [0.1, 0.15) is 13.2 Å². The first kappa shape index (κ1) is 89.7. The number of hydrogen-bond acceptors (Lipinski definition) is 8. The van der Waals surface area contributed by atoms with Crippen molar-refractivity contribution < 1.29 is 42.9 Å². The third kappa shape index (κ3) is 76.0. The molecule has 0 rings (SSSR count). The van der Waals surface area contributed by atoms with Crippen LogP contribution in [0.25, 0.3) is 0 Å². The Kier molecular flexibility index (Phi) is 71.9. The fourth-order valence-electron chi connectivity index (χ4n) is 11.9. The Morgan fingerprint density at radius 2 is 0.613 bits per heavy atom. The maximum absolute atomic E-state index is 13.0. The van der Waals surface area contributed by atoms with E-state index in [0.717, 1.165) is 70.6 Å². The number of carboxylic acids is 1. The topological polar surface area (TPSA) is 111 Å². The van der Waals surface area contributed by atoms with Crippen molar-refractivity contribution in [1.29, 1.82) is 0 Å². The van der Waals surface area contributed by atoms with Crippen molar-refractivity contribution in [2.45, 2.75) is 399 Å². The predicted molar refractivity (Wildman–Crippen MR) is 398 cm³/mol. The Hall–Kier alpha value is -3.27. The van der Waals surface area contributed by atoms with Crippen LogP contribution in [-0.4, -0.2) is 82.3 Å². The van der Waals surface area contributed by atoms with Gasteiger partial charge in [0.15, 0.2) is 12.4 Å². The lowest BCUT2D eigenvalue weighted by Crippen LogP contribution is -2.44. The summed E-state index contributed by atoms with van der Waals surface area (Å²) in [6, 6.07) is 0. The molecule has 0 aliphatic rings. The second-order valence-electron chi connectivity index (χ2n) is 28.3. The lowest BCUT2D eigenvalue weighted by Gasteiger charge is -2.26. The summed E-state index contributed by atoms with van der Waals surface area (Å²) < 4.78 is 22.9. The minimum Gasteiger partial charge on any atom is -0.545 e. The number of ether oxygens (including phenoxy) is 4. The molecule has 93 heavy (non-hydrogen) atoms. The number of likely N-dealkylation sites (N-methyl/N-ethyl adjacent to an activating group) is 1. The summed E-state index contributed by atoms with van der Waals surface area (Å²) in [5.74, 6) is -2.25. The van der Waals surface area contributed by atoms with Crippen molar-refractivity contribution in [1.82, 2.24) is 0 Å². The van der Waals surface area contributed by atoms with Crippen molar-refractivity contribution in [3.63, 3.8) is 0 Å². The molecule has 0 bridgehead atoms. The zero-order valence-electron chi connectivity index (χ0n) is 62.1. The fourth-order valence-corrected chi connectivity index (χ4v) is 11.9. The SMILES string of the molecule is CC/C=C\C/C=C\C/C=C\C/C=C\C/C=C\C/C=C\CCCCCCCCCCCCCCCCCCCCCCC(=O)OC(COC(=O)CCCCCCCCCCCCCCCCCCCCCCCCCCCCCCC)COC(OCC[N+](C)(C)C)C(=O)[O-]. The molecule has 0 aliphatic heterocycles. The molecule has 0 spiro atoms. The minimum absolute atomic E-state index is 0.150. The van der Waals surface area contributed by atoms with Crippen LogP contribution in [0.3, 0.4) is 0 Å². The van der Waals surface area contributed by atoms with Crippen LogP contribution < -0.4 is 5.11 Å². The molecule has 542 valence electrons. The van der Waals surface area contributed by atoms with E-state index in [-0.39, 0.29) is 32.2 Å². The van der Waals surface area contributed by atoms with Gasteiger partial charge < -0.3 is 33.3 Å². The van der Waals surface area contributed by atoms with E-state index in [2.05, 4.69) is 86.8 Å². The molecular weight excluding hydrogens is 1150 g/mol. The molecule has 0 N–H and O–H groups in total. The van der Waals surface area contributed by atoms with E-state index in [1.165, 1.54) is 283 Å². The second kappa shape index (κ2) is 74.5. The van der Waals surface area contributed by atoms with Crippen molar-refractivity contribution in [2.24, 2.45) is 0 Å². The maximum atomic E-state index is 13.0. The molecule has 2 unspecified atom stereocenters. The van der Waals surface area contributed by atoms with Crippen LogP contribution >= 0.6 is 0 Å². The van der Waals surface area contributed by atoms with Gasteiger partial charge in [-0.15, -0.1) is 0 Å². The summed E-state index contributed by atoms with van der Waals surface area (Å²) >= 11 is 0. The third-order valence-electron chi connectivity index (χ3n) is 18.0. The number of nitrogens with zero attached hydrogens (tertiary/aromatic N) is 1. The molecule has 0 amide bonds. The van der Waals surface area contributed by atoms with Gasteiger partial charge in [-0.2, -0.15) is 0 Å². The molecule has 0 aromatic carbocycles. The quantitative estimate of drug-likeness (QED) is 0.0195. The summed E-state index contributed by atoms with van der Waals surface area (Å²) in [5, 5.41) is 11.9. The highest BCUT2D eigenvalue weighted by Gasteiger charge is 2.22. The third-order valence-corrected chi connectivity index (χ3v) is 18.0. The molecule has 0 radical (unpaired) electrons. The van der Waals surface area contributed by atoms with Gasteiger partial charge in [-0.1, -0.05) is 382 Å². The van der Waals surface area contributed by atoms with Crippen molar-refractivity contribution in [3.05, 3.63) is 72.9 Å². The van der Waals surface area contributed by atoms with Crippen LogP contribution in [0, 0.1) is 0 Å². The predicted octanol–water partition coefficient (Wildman–Crippen LogP) is 24.3. The number of unbranched alkanes of at least 4 members (excludes halogenated alkanes) is 48. The number of rotatable bonds is 75. The van der Waals surface area contributed by atoms with Crippen LogP contribution in [0.2, 0.25) is 0 Å². The molecule has 0 aliphatic carbocycles. The monoisotopic (exact) mass is 1300 g/mol. The number of aliphatic carboxylic acids is 1. The van der Waals surface area contributed by atoms with Gasteiger partial charge in [-0.25, -0.2) is 0 Å². The van der Waals surface area contributed by atoms with Crippen LogP contribution in [-0.2, 0) is 33.3 Å². The smallest absolute Gasteiger partial charge is 0.306 e. The standard InChI is InChI=1S/C84H153NO8/c1-6-8-10-12-14-16-18-20-22-24-26-28-30-32-34-36-37-38-39-40-41-42-43-44-45-47-49-51-53-55-57-59-61-63-65-67-69-71-73-75-82(87)93-80(79-92-84(83(88)89)90-77-76-85(3,4)5)78-91-81(86)74-72-70-68-66-64-62-60-58-56-54-52-50-48-46-35-33-31-29-27-25-23-21-19-17-15-13-11-9-7-2/h8,10,14,16,20,22,26,28,32,34,37-38,80,84H,6-7,9,11-13,15,17-19,21,23-25,27,29-31,33,35-36,39-79H2,1-5H3/b10-8-,16-14-,22-20-,28-26-,34-32-,38-37-. The average Bonchev–Trinajstić information content (AvgIpc) is 3.38. The van der Waals surface area contributed by atoms with E-state index >= 15 is 0 Å². The van der Waals surface area contributed by atoms with Crippen LogP contribution in [0.1, 0.15) is 386 Å². The van der Waals surface area contributed by atoms with Gasteiger partial charge in [-0.05, 0) is 64.2 Å². The summed E-state index contributed by atoms with van der Waals surface area (Å²) in [6.45, 7) is 4.70. The number of esters is 2. The largest absolute Gasteiger partial charge is 0.545 e. The van der Waals surface area contributed by atoms with Crippen molar-refractivity contribution in [2.75, 3.05) is 47.5 Å². The first-order chi connectivity index (χ1) is 45.6. The van der Waals surface area contributed by atoms with E-state index < -0.39 is 24.3 Å². The molecule has 9 heteroatoms. The first-order valence-corrected chi connectivity index (χ1v) is 40.1. The zero-order chi connectivity index (χ0) is 67.5. The molecule has 0 fully saturated rings. The lowest BCUT2D eigenvalue weighted by atomic mass is 10.0. The Labute approximate surface area is 577 Å². The molecule has 0 aromatic rings. The van der Waals surface area contributed by atoms with Crippen LogP contribution in [0.4, 0.5) is 0 Å². The normalized spacial score (nSPS) is 13.0. The number of carboxylic acid groups (broad SMARTS) is 1. The second-order valence-corrected chi connectivity index (χ2v) is 28.3. The van der Waals surface area contributed by atoms with E-state index in [1.54, 1.807) is 0 Å². The summed E-state index contributed by atoms with van der Waals surface area (Å²) in [5.41, 5.74) is 0. The Bertz CT molecular complexity index is 1760. The van der Waals surface area contributed by atoms with E-state index in [9.17, 15) is 19.5 Å². The van der Waals surface area contributed by atoms with Gasteiger partial charge in [-0.3, -0.25) is 9.59 Å². The molecule has 2 atom stereocenters. The number of allylic oxidation sites excluding steroid dienone is 12. The van der Waals surface area contributed by atoms with Gasteiger partial charge >= 0.3 is 11.9 Å². The number of carbonyl (C=O) groups is 3. The first-order valence-electron chi connectivity index (χ1n) is 40.1. The fraction of sp³-hybridized carbons (Fsp3) is 0.821. The Morgan fingerprint density at radius 1 is 0.333 bits per heavy atom. The average molecular weight is 1310 g/mol.